The maximum atomic E-state index is 12.2. The van der Waals surface area contributed by atoms with Gasteiger partial charge in [0.2, 0.25) is 0 Å². The topological polar surface area (TPSA) is 91.1 Å². The van der Waals surface area contributed by atoms with Gasteiger partial charge in [0.15, 0.2) is 0 Å². The second kappa shape index (κ2) is 8.37. The first kappa shape index (κ1) is 20.0. The van der Waals surface area contributed by atoms with Crippen molar-refractivity contribution in [2.45, 2.75) is 39.1 Å². The highest BCUT2D eigenvalue weighted by molar-refractivity contribution is 5.85. The molecule has 0 aromatic carbocycles. The molecule has 0 saturated heterocycles. The number of aromatic amines is 1. The minimum Gasteiger partial charge on any atom is -0.394 e. The Morgan fingerprint density at radius 2 is 2.12 bits per heavy atom. The number of aliphatic hydroxyl groups excluding tert-OH is 1. The molecular weight excluding hydrogens is 367 g/mol. The fourth-order valence-corrected chi connectivity index (χ4v) is 3.49. The summed E-state index contributed by atoms with van der Waals surface area (Å²) in [6.07, 6.45) is 0.748. The van der Waals surface area contributed by atoms with E-state index in [0.717, 1.165) is 62.6 Å². The number of fused-ring (bicyclic) bond motifs is 2. The fraction of sp³-hybridized carbons (Fsp3) is 0.600. The van der Waals surface area contributed by atoms with Gasteiger partial charge in [-0.15, -0.1) is 24.8 Å². The Balaban J connectivity index is 0.00000113. The van der Waals surface area contributed by atoms with Crippen molar-refractivity contribution < 1.29 is 5.11 Å². The lowest BCUT2D eigenvalue weighted by molar-refractivity contribution is 0.237. The van der Waals surface area contributed by atoms with Crippen LogP contribution in [0.25, 0.3) is 0 Å². The van der Waals surface area contributed by atoms with Gasteiger partial charge in [-0.1, -0.05) is 0 Å². The molecule has 2 aliphatic heterocycles. The average Bonchev–Trinajstić information content (AvgIpc) is 3.09. The van der Waals surface area contributed by atoms with E-state index in [4.69, 9.17) is 5.11 Å². The van der Waals surface area contributed by atoms with Crippen molar-refractivity contribution >= 4 is 24.8 Å². The Kier molecular flexibility index (Phi) is 6.70. The number of H-pyrrole nitrogens is 1. The lowest BCUT2D eigenvalue weighted by Crippen LogP contribution is -2.32. The number of hydrogen-bond acceptors (Lipinski definition) is 5. The molecule has 25 heavy (non-hydrogen) atoms. The Morgan fingerprint density at radius 3 is 2.88 bits per heavy atom. The van der Waals surface area contributed by atoms with Gasteiger partial charge in [-0.05, 0) is 12.5 Å². The number of hydrogen-bond donors (Lipinski definition) is 3. The molecule has 4 heterocycles. The summed E-state index contributed by atoms with van der Waals surface area (Å²) < 4.78 is 3.59. The summed E-state index contributed by atoms with van der Waals surface area (Å²) >= 11 is 0. The van der Waals surface area contributed by atoms with E-state index in [9.17, 15) is 4.79 Å². The molecule has 0 atom stereocenters. The molecule has 0 saturated carbocycles. The van der Waals surface area contributed by atoms with E-state index in [1.165, 1.54) is 10.4 Å². The second-order valence-electron chi connectivity index (χ2n) is 6.24. The monoisotopic (exact) mass is 390 g/mol. The summed E-state index contributed by atoms with van der Waals surface area (Å²) in [5, 5.41) is 20.2. The molecule has 0 radical (unpaired) electrons. The molecule has 10 heteroatoms. The van der Waals surface area contributed by atoms with Crippen molar-refractivity contribution in [1.29, 1.82) is 0 Å². The van der Waals surface area contributed by atoms with Gasteiger partial charge in [-0.2, -0.15) is 5.10 Å². The van der Waals surface area contributed by atoms with Crippen LogP contribution in [0.3, 0.4) is 0 Å². The molecule has 4 rings (SSSR count). The SMILES string of the molecule is Cl.Cl.O=c1c2c([nH]n1CCO)CN(Cc1cc3n(n1)CCNC3)CC2. The van der Waals surface area contributed by atoms with Gasteiger partial charge in [0.05, 0.1) is 36.8 Å². The first-order valence-electron chi connectivity index (χ1n) is 8.14. The van der Waals surface area contributed by atoms with Crippen LogP contribution in [0.15, 0.2) is 10.9 Å². The van der Waals surface area contributed by atoms with Crippen molar-refractivity contribution in [3.8, 4) is 0 Å². The van der Waals surface area contributed by atoms with Gasteiger partial charge in [0, 0.05) is 38.3 Å². The van der Waals surface area contributed by atoms with Gasteiger partial charge < -0.3 is 10.4 Å². The molecular formula is C15H24Cl2N6O2. The second-order valence-corrected chi connectivity index (χ2v) is 6.24. The minimum atomic E-state index is -0.0305. The van der Waals surface area contributed by atoms with E-state index in [1.807, 2.05) is 0 Å². The number of nitrogens with one attached hydrogen (secondary N) is 2. The Labute approximate surface area is 158 Å². The molecule has 0 spiro atoms. The summed E-state index contributed by atoms with van der Waals surface area (Å²) in [4.78, 5) is 14.5. The van der Waals surface area contributed by atoms with E-state index >= 15 is 0 Å². The third kappa shape index (κ3) is 3.93. The third-order valence-corrected chi connectivity index (χ3v) is 4.63. The molecule has 0 aliphatic carbocycles. The molecule has 2 aromatic heterocycles. The summed E-state index contributed by atoms with van der Waals surface area (Å²) in [5.74, 6) is 0. The Bertz CT molecular complexity index is 745. The molecule has 2 aromatic rings. The summed E-state index contributed by atoms with van der Waals surface area (Å²) in [7, 11) is 0. The maximum absolute atomic E-state index is 12.2. The van der Waals surface area contributed by atoms with E-state index in [1.54, 1.807) is 0 Å². The van der Waals surface area contributed by atoms with Crippen molar-refractivity contribution in [2.75, 3.05) is 19.7 Å². The highest BCUT2D eigenvalue weighted by Crippen LogP contribution is 2.17. The van der Waals surface area contributed by atoms with Gasteiger partial charge in [0.25, 0.3) is 5.56 Å². The molecule has 0 amide bonds. The lowest BCUT2D eigenvalue weighted by Gasteiger charge is -2.24. The van der Waals surface area contributed by atoms with Crippen LogP contribution in [0.5, 0.6) is 0 Å². The zero-order valence-electron chi connectivity index (χ0n) is 13.9. The van der Waals surface area contributed by atoms with Crippen LogP contribution in [0, 0.1) is 0 Å². The first-order valence-corrected chi connectivity index (χ1v) is 8.14. The average molecular weight is 391 g/mol. The highest BCUT2D eigenvalue weighted by atomic mass is 35.5. The van der Waals surface area contributed by atoms with Crippen LogP contribution < -0.4 is 10.9 Å². The fourth-order valence-electron chi connectivity index (χ4n) is 3.49. The van der Waals surface area contributed by atoms with E-state index in [2.05, 4.69) is 31.2 Å². The van der Waals surface area contributed by atoms with E-state index < -0.39 is 0 Å². The molecule has 0 unspecified atom stereocenters. The van der Waals surface area contributed by atoms with E-state index in [0.29, 0.717) is 6.54 Å². The summed E-state index contributed by atoms with van der Waals surface area (Å²) in [6.45, 7) is 5.46. The largest absolute Gasteiger partial charge is 0.394 e. The lowest BCUT2D eigenvalue weighted by atomic mass is 10.1. The van der Waals surface area contributed by atoms with Gasteiger partial charge >= 0.3 is 0 Å². The standard InChI is InChI=1S/C15H22N6O2.2ClH/c22-6-5-21-15(23)13-1-3-19(10-14(13)18-21)9-11-7-12-8-16-2-4-20(12)17-11;;/h7,16,18,22H,1-6,8-10H2;2*1H. The third-order valence-electron chi connectivity index (χ3n) is 4.63. The predicted octanol–water partition coefficient (Wildman–Crippen LogP) is -0.130. The summed E-state index contributed by atoms with van der Waals surface area (Å²) in [5.41, 5.74) is 4.18. The minimum absolute atomic E-state index is 0. The molecule has 0 fully saturated rings. The van der Waals surface area contributed by atoms with Crippen molar-refractivity contribution in [1.82, 2.24) is 29.8 Å². The smallest absolute Gasteiger partial charge is 0.270 e. The van der Waals surface area contributed by atoms with Crippen molar-refractivity contribution in [3.63, 3.8) is 0 Å². The van der Waals surface area contributed by atoms with Gasteiger partial charge in [-0.3, -0.25) is 24.2 Å². The van der Waals surface area contributed by atoms with Crippen LogP contribution in [0.1, 0.15) is 22.6 Å². The van der Waals surface area contributed by atoms with Crippen LogP contribution in [0.2, 0.25) is 0 Å². The normalized spacial score (nSPS) is 16.5. The Morgan fingerprint density at radius 1 is 1.28 bits per heavy atom. The van der Waals surface area contributed by atoms with Crippen molar-refractivity contribution in [3.05, 3.63) is 39.1 Å². The zero-order valence-corrected chi connectivity index (χ0v) is 15.5. The highest BCUT2D eigenvalue weighted by Gasteiger charge is 2.23. The zero-order chi connectivity index (χ0) is 15.8. The van der Waals surface area contributed by atoms with Crippen LogP contribution >= 0.6 is 24.8 Å². The van der Waals surface area contributed by atoms with E-state index in [-0.39, 0.29) is 37.0 Å². The number of rotatable bonds is 4. The van der Waals surface area contributed by atoms with Crippen LogP contribution in [-0.2, 0) is 39.1 Å². The molecule has 2 aliphatic rings. The molecule has 8 nitrogen and oxygen atoms in total. The quantitative estimate of drug-likeness (QED) is 0.676. The number of nitrogens with zero attached hydrogens (tertiary/aromatic N) is 4. The van der Waals surface area contributed by atoms with Crippen molar-refractivity contribution in [2.24, 2.45) is 0 Å². The number of aliphatic hydroxyl groups is 1. The van der Waals surface area contributed by atoms with Crippen LogP contribution in [-0.4, -0.2) is 49.3 Å². The predicted molar refractivity (Wildman–Crippen MR) is 98.4 cm³/mol. The summed E-state index contributed by atoms with van der Waals surface area (Å²) in [6, 6.07) is 2.17. The van der Waals surface area contributed by atoms with Crippen LogP contribution in [0.4, 0.5) is 0 Å². The maximum Gasteiger partial charge on any atom is 0.270 e. The number of aromatic nitrogens is 4. The molecule has 140 valence electrons. The Hall–Kier alpha value is -1.32. The molecule has 3 N–H and O–H groups in total. The first-order chi connectivity index (χ1) is 11.2. The number of halogens is 2. The molecule has 0 bridgehead atoms. The van der Waals surface area contributed by atoms with Gasteiger partial charge in [-0.25, -0.2) is 0 Å². The van der Waals surface area contributed by atoms with Gasteiger partial charge in [0.1, 0.15) is 0 Å².